The van der Waals surface area contributed by atoms with E-state index in [1.807, 2.05) is 0 Å². The summed E-state index contributed by atoms with van der Waals surface area (Å²) in [5.41, 5.74) is 0. The summed E-state index contributed by atoms with van der Waals surface area (Å²) < 4.78 is 0. The fourth-order valence-corrected chi connectivity index (χ4v) is 1.56. The zero-order chi connectivity index (χ0) is 12.4. The predicted molar refractivity (Wildman–Crippen MR) is 66.4 cm³/mol. The van der Waals surface area contributed by atoms with Crippen LogP contribution in [0, 0.1) is 5.92 Å². The van der Waals surface area contributed by atoms with E-state index in [2.05, 4.69) is 31.4 Å². The summed E-state index contributed by atoms with van der Waals surface area (Å²) in [6, 6.07) is -0.304. The Morgan fingerprint density at radius 2 is 2.00 bits per heavy atom. The molecular weight excluding hydrogens is 204 g/mol. The molecule has 0 aliphatic carbocycles. The second kappa shape index (κ2) is 9.46. The smallest absolute Gasteiger partial charge is 0.315 e. The van der Waals surface area contributed by atoms with Crippen molar-refractivity contribution in [2.45, 2.75) is 52.5 Å². The molecule has 0 aliphatic heterocycles. The number of aliphatic hydroxyl groups is 1. The summed E-state index contributed by atoms with van der Waals surface area (Å²) in [6.45, 7) is 6.98. The molecule has 0 aromatic rings. The standard InChI is InChI=1S/C12H26N2O2/c1-4-5-6-7-13-12(16)14-11(9-15)8-10(2)3/h10-11,15H,4-9H2,1-3H3,(H2,13,14,16). The quantitative estimate of drug-likeness (QED) is 0.558. The molecule has 1 unspecified atom stereocenters. The highest BCUT2D eigenvalue weighted by atomic mass is 16.3. The topological polar surface area (TPSA) is 61.4 Å². The van der Waals surface area contributed by atoms with Crippen LogP contribution in [-0.4, -0.2) is 30.3 Å². The van der Waals surface area contributed by atoms with Crippen molar-refractivity contribution in [2.75, 3.05) is 13.2 Å². The number of unbranched alkanes of at least 4 members (excludes halogenated alkanes) is 2. The molecule has 96 valence electrons. The number of carbonyl (C=O) groups is 1. The van der Waals surface area contributed by atoms with E-state index in [9.17, 15) is 4.79 Å². The van der Waals surface area contributed by atoms with E-state index < -0.39 is 0 Å². The predicted octanol–water partition coefficient (Wildman–Crippen LogP) is 1.88. The summed E-state index contributed by atoms with van der Waals surface area (Å²) in [5, 5.41) is 14.7. The van der Waals surface area contributed by atoms with Crippen molar-refractivity contribution in [2.24, 2.45) is 5.92 Å². The van der Waals surface area contributed by atoms with Gasteiger partial charge in [0.2, 0.25) is 0 Å². The maximum absolute atomic E-state index is 11.4. The van der Waals surface area contributed by atoms with Gasteiger partial charge in [-0.2, -0.15) is 0 Å². The molecule has 0 aliphatic rings. The van der Waals surface area contributed by atoms with Gasteiger partial charge in [0, 0.05) is 6.54 Å². The second-order valence-corrected chi connectivity index (χ2v) is 4.62. The lowest BCUT2D eigenvalue weighted by molar-refractivity contribution is 0.207. The van der Waals surface area contributed by atoms with Crippen LogP contribution in [0.2, 0.25) is 0 Å². The van der Waals surface area contributed by atoms with Crippen LogP contribution in [0.15, 0.2) is 0 Å². The van der Waals surface area contributed by atoms with Gasteiger partial charge in [-0.3, -0.25) is 0 Å². The first-order valence-corrected chi connectivity index (χ1v) is 6.25. The van der Waals surface area contributed by atoms with Crippen molar-refractivity contribution >= 4 is 6.03 Å². The summed E-state index contributed by atoms with van der Waals surface area (Å²) >= 11 is 0. The van der Waals surface area contributed by atoms with Gasteiger partial charge in [-0.15, -0.1) is 0 Å². The first-order chi connectivity index (χ1) is 7.60. The zero-order valence-electron chi connectivity index (χ0n) is 10.8. The maximum Gasteiger partial charge on any atom is 0.315 e. The molecule has 16 heavy (non-hydrogen) atoms. The molecule has 0 rings (SSSR count). The third-order valence-corrected chi connectivity index (χ3v) is 2.38. The average Bonchev–Trinajstić information content (AvgIpc) is 2.23. The highest BCUT2D eigenvalue weighted by Crippen LogP contribution is 2.03. The van der Waals surface area contributed by atoms with E-state index in [1.165, 1.54) is 0 Å². The lowest BCUT2D eigenvalue weighted by atomic mass is 10.0. The van der Waals surface area contributed by atoms with Crippen LogP contribution in [0.4, 0.5) is 4.79 Å². The molecule has 0 spiro atoms. The van der Waals surface area contributed by atoms with Gasteiger partial charge >= 0.3 is 6.03 Å². The Kier molecular flexibility index (Phi) is 9.00. The highest BCUT2D eigenvalue weighted by molar-refractivity contribution is 5.74. The maximum atomic E-state index is 11.4. The Bertz CT molecular complexity index is 184. The molecule has 0 radical (unpaired) electrons. The lowest BCUT2D eigenvalue weighted by Gasteiger charge is -2.18. The number of rotatable bonds is 8. The Morgan fingerprint density at radius 3 is 2.50 bits per heavy atom. The van der Waals surface area contributed by atoms with Crippen LogP contribution >= 0.6 is 0 Å². The molecule has 4 nitrogen and oxygen atoms in total. The van der Waals surface area contributed by atoms with Crippen LogP contribution in [0.25, 0.3) is 0 Å². The molecule has 1 atom stereocenters. The van der Waals surface area contributed by atoms with Crippen molar-refractivity contribution in [1.82, 2.24) is 10.6 Å². The molecule has 4 heteroatoms. The fourth-order valence-electron chi connectivity index (χ4n) is 1.56. The Balaban J connectivity index is 3.66. The minimum absolute atomic E-state index is 0.000556. The van der Waals surface area contributed by atoms with Gasteiger partial charge in [-0.1, -0.05) is 33.6 Å². The molecular formula is C12H26N2O2. The number of aliphatic hydroxyl groups excluding tert-OH is 1. The van der Waals surface area contributed by atoms with Crippen LogP contribution in [0.5, 0.6) is 0 Å². The number of hydrogen-bond acceptors (Lipinski definition) is 2. The normalized spacial score (nSPS) is 12.6. The Labute approximate surface area is 98.8 Å². The van der Waals surface area contributed by atoms with E-state index in [4.69, 9.17) is 5.11 Å². The lowest BCUT2D eigenvalue weighted by Crippen LogP contribution is -2.44. The Hall–Kier alpha value is -0.770. The number of amides is 2. The molecule has 0 aromatic heterocycles. The summed E-state index contributed by atoms with van der Waals surface area (Å²) in [7, 11) is 0. The fraction of sp³-hybridized carbons (Fsp3) is 0.917. The van der Waals surface area contributed by atoms with Gasteiger partial charge in [-0.25, -0.2) is 4.79 Å². The van der Waals surface area contributed by atoms with Crippen molar-refractivity contribution in [3.05, 3.63) is 0 Å². The van der Waals surface area contributed by atoms with Gasteiger partial charge in [0.1, 0.15) is 0 Å². The second-order valence-electron chi connectivity index (χ2n) is 4.62. The first kappa shape index (κ1) is 15.2. The molecule has 0 aromatic carbocycles. The summed E-state index contributed by atoms with van der Waals surface area (Å²) in [5.74, 6) is 0.470. The van der Waals surface area contributed by atoms with Crippen molar-refractivity contribution in [1.29, 1.82) is 0 Å². The average molecular weight is 230 g/mol. The molecule has 0 heterocycles. The van der Waals surface area contributed by atoms with Gasteiger partial charge in [-0.05, 0) is 18.8 Å². The van der Waals surface area contributed by atoms with Crippen LogP contribution in [0.1, 0.15) is 46.5 Å². The van der Waals surface area contributed by atoms with E-state index in [0.717, 1.165) is 25.7 Å². The highest BCUT2D eigenvalue weighted by Gasteiger charge is 2.12. The molecule has 0 saturated carbocycles. The SMILES string of the molecule is CCCCCNC(=O)NC(CO)CC(C)C. The third kappa shape index (κ3) is 8.53. The van der Waals surface area contributed by atoms with Gasteiger partial charge in [0.25, 0.3) is 0 Å². The largest absolute Gasteiger partial charge is 0.394 e. The van der Waals surface area contributed by atoms with Crippen LogP contribution in [-0.2, 0) is 0 Å². The number of urea groups is 1. The van der Waals surface area contributed by atoms with Gasteiger partial charge < -0.3 is 15.7 Å². The zero-order valence-corrected chi connectivity index (χ0v) is 10.8. The van der Waals surface area contributed by atoms with E-state index >= 15 is 0 Å². The minimum atomic E-state index is -0.171. The van der Waals surface area contributed by atoms with E-state index in [-0.39, 0.29) is 18.7 Å². The monoisotopic (exact) mass is 230 g/mol. The number of carbonyl (C=O) groups excluding carboxylic acids is 1. The van der Waals surface area contributed by atoms with E-state index in [1.54, 1.807) is 0 Å². The van der Waals surface area contributed by atoms with Crippen molar-refractivity contribution < 1.29 is 9.90 Å². The Morgan fingerprint density at radius 1 is 1.31 bits per heavy atom. The molecule has 0 fully saturated rings. The van der Waals surface area contributed by atoms with Gasteiger partial charge in [0.05, 0.1) is 12.6 Å². The number of hydrogen-bond donors (Lipinski definition) is 3. The summed E-state index contributed by atoms with van der Waals surface area (Å²) in [6.07, 6.45) is 4.10. The van der Waals surface area contributed by atoms with Crippen LogP contribution in [0.3, 0.4) is 0 Å². The summed E-state index contributed by atoms with van der Waals surface area (Å²) in [4.78, 5) is 11.4. The van der Waals surface area contributed by atoms with Crippen molar-refractivity contribution in [3.63, 3.8) is 0 Å². The first-order valence-electron chi connectivity index (χ1n) is 6.25. The molecule has 0 bridgehead atoms. The van der Waals surface area contributed by atoms with Crippen molar-refractivity contribution in [3.8, 4) is 0 Å². The minimum Gasteiger partial charge on any atom is -0.394 e. The third-order valence-electron chi connectivity index (χ3n) is 2.38. The molecule has 0 saturated heterocycles. The number of nitrogens with one attached hydrogen (secondary N) is 2. The van der Waals surface area contributed by atoms with Crippen LogP contribution < -0.4 is 10.6 Å². The molecule has 2 amide bonds. The molecule has 3 N–H and O–H groups in total. The van der Waals surface area contributed by atoms with Gasteiger partial charge in [0.15, 0.2) is 0 Å². The van der Waals surface area contributed by atoms with E-state index in [0.29, 0.717) is 12.5 Å².